The normalized spacial score (nSPS) is 25.5. The van der Waals surface area contributed by atoms with Crippen molar-refractivity contribution in [1.82, 2.24) is 0 Å². The van der Waals surface area contributed by atoms with E-state index in [1.807, 2.05) is 0 Å². The van der Waals surface area contributed by atoms with Gasteiger partial charge in [-0.25, -0.2) is 13.2 Å². The van der Waals surface area contributed by atoms with Crippen LogP contribution < -0.4 is 0 Å². The molecule has 0 N–H and O–H groups in total. The Kier molecular flexibility index (Phi) is 7.97. The minimum Gasteiger partial charge on any atom is -0.207 e. The molecule has 2 aliphatic rings. The van der Waals surface area contributed by atoms with E-state index in [1.54, 1.807) is 6.07 Å². The molecule has 0 saturated heterocycles. The summed E-state index contributed by atoms with van der Waals surface area (Å²) in [6, 6.07) is 8.51. The van der Waals surface area contributed by atoms with Crippen LogP contribution in [-0.2, 0) is 0 Å². The highest BCUT2D eigenvalue weighted by Crippen LogP contribution is 2.49. The first-order valence-electron chi connectivity index (χ1n) is 12.8. The van der Waals surface area contributed by atoms with Gasteiger partial charge in [0.05, 0.1) is 5.56 Å². The van der Waals surface area contributed by atoms with E-state index in [0.29, 0.717) is 5.92 Å². The van der Waals surface area contributed by atoms with E-state index >= 15 is 0 Å². The zero-order valence-corrected chi connectivity index (χ0v) is 19.4. The van der Waals surface area contributed by atoms with Gasteiger partial charge in [0.15, 0.2) is 0 Å². The molecule has 4 rings (SSSR count). The Bertz CT molecular complexity index is 867. The summed E-state index contributed by atoms with van der Waals surface area (Å²) in [6.45, 7) is 2.26. The molecule has 3 heteroatoms. The number of benzene rings is 2. The third kappa shape index (κ3) is 5.58. The fraction of sp³-hybridized carbons (Fsp3) is 0.586. The lowest BCUT2D eigenvalue weighted by atomic mass is 9.63. The van der Waals surface area contributed by atoms with E-state index in [0.717, 1.165) is 30.2 Å². The van der Waals surface area contributed by atoms with Gasteiger partial charge in [-0.3, -0.25) is 0 Å². The summed E-state index contributed by atoms with van der Waals surface area (Å²) >= 11 is 0. The van der Waals surface area contributed by atoms with Crippen LogP contribution in [0.3, 0.4) is 0 Å². The Labute approximate surface area is 191 Å². The maximum atomic E-state index is 14.9. The molecule has 2 aliphatic carbocycles. The first-order valence-corrected chi connectivity index (χ1v) is 12.8. The van der Waals surface area contributed by atoms with Gasteiger partial charge in [-0.1, -0.05) is 64.0 Å². The first kappa shape index (κ1) is 23.4. The Balaban J connectivity index is 1.36. The molecule has 0 amide bonds. The van der Waals surface area contributed by atoms with Gasteiger partial charge < -0.3 is 0 Å². The Hall–Kier alpha value is -1.77. The van der Waals surface area contributed by atoms with Crippen molar-refractivity contribution in [3.63, 3.8) is 0 Å². The SMILES string of the molecule is CCCCCCCC1CCC2CC(c3cc(F)c(-c4cccc(F)c4)c(F)c3)CCC2C1. The van der Waals surface area contributed by atoms with Crippen LogP contribution in [0.5, 0.6) is 0 Å². The van der Waals surface area contributed by atoms with Crippen LogP contribution >= 0.6 is 0 Å². The van der Waals surface area contributed by atoms with Crippen LogP contribution in [0, 0.1) is 35.2 Å². The summed E-state index contributed by atoms with van der Waals surface area (Å²) in [5.41, 5.74) is 0.904. The molecule has 2 fully saturated rings. The maximum Gasteiger partial charge on any atom is 0.134 e. The van der Waals surface area contributed by atoms with Crippen LogP contribution in [0.2, 0.25) is 0 Å². The average molecular weight is 443 g/mol. The minimum atomic E-state index is -0.584. The fourth-order valence-corrected chi connectivity index (χ4v) is 6.34. The van der Waals surface area contributed by atoms with Gasteiger partial charge in [0.2, 0.25) is 0 Å². The van der Waals surface area contributed by atoms with Crippen molar-refractivity contribution >= 4 is 0 Å². The topological polar surface area (TPSA) is 0 Å². The van der Waals surface area contributed by atoms with Crippen molar-refractivity contribution in [3.8, 4) is 11.1 Å². The maximum absolute atomic E-state index is 14.9. The second-order valence-corrected chi connectivity index (χ2v) is 10.3. The minimum absolute atomic E-state index is 0.124. The van der Waals surface area contributed by atoms with Gasteiger partial charge in [0.25, 0.3) is 0 Å². The molecule has 4 atom stereocenters. The van der Waals surface area contributed by atoms with Gasteiger partial charge in [0.1, 0.15) is 17.5 Å². The summed E-state index contributed by atoms with van der Waals surface area (Å²) in [4.78, 5) is 0. The Morgan fingerprint density at radius 2 is 1.50 bits per heavy atom. The van der Waals surface area contributed by atoms with Crippen LogP contribution in [0.4, 0.5) is 13.2 Å². The molecule has 0 aromatic heterocycles. The quantitative estimate of drug-likeness (QED) is 0.357. The van der Waals surface area contributed by atoms with Gasteiger partial charge >= 0.3 is 0 Å². The number of fused-ring (bicyclic) bond motifs is 1. The molecule has 2 aromatic carbocycles. The number of unbranched alkanes of at least 4 members (excludes halogenated alkanes) is 4. The van der Waals surface area contributed by atoms with Crippen molar-refractivity contribution in [3.05, 3.63) is 59.4 Å². The van der Waals surface area contributed by atoms with Crippen LogP contribution in [0.25, 0.3) is 11.1 Å². The van der Waals surface area contributed by atoms with E-state index in [-0.39, 0.29) is 17.0 Å². The van der Waals surface area contributed by atoms with Crippen molar-refractivity contribution in [1.29, 1.82) is 0 Å². The van der Waals surface area contributed by atoms with Crippen LogP contribution in [0.15, 0.2) is 36.4 Å². The summed E-state index contributed by atoms with van der Waals surface area (Å²) in [6.07, 6.45) is 15.4. The summed E-state index contributed by atoms with van der Waals surface area (Å²) in [5.74, 6) is 0.947. The van der Waals surface area contributed by atoms with E-state index in [1.165, 1.54) is 94.5 Å². The molecule has 2 saturated carbocycles. The lowest BCUT2D eigenvalue weighted by molar-refractivity contribution is 0.113. The van der Waals surface area contributed by atoms with E-state index in [4.69, 9.17) is 0 Å². The van der Waals surface area contributed by atoms with E-state index in [9.17, 15) is 13.2 Å². The third-order valence-corrected chi connectivity index (χ3v) is 8.09. The molecule has 0 bridgehead atoms. The number of rotatable bonds is 8. The highest BCUT2D eigenvalue weighted by molar-refractivity contribution is 5.65. The highest BCUT2D eigenvalue weighted by atomic mass is 19.1. The van der Waals surface area contributed by atoms with E-state index < -0.39 is 17.5 Å². The third-order valence-electron chi connectivity index (χ3n) is 8.09. The fourth-order valence-electron chi connectivity index (χ4n) is 6.34. The molecule has 0 radical (unpaired) electrons. The van der Waals surface area contributed by atoms with Gasteiger partial charge in [-0.05, 0) is 91.2 Å². The lowest BCUT2D eigenvalue weighted by Gasteiger charge is -2.42. The smallest absolute Gasteiger partial charge is 0.134 e. The molecule has 2 aromatic rings. The van der Waals surface area contributed by atoms with Crippen molar-refractivity contribution in [2.75, 3.05) is 0 Å². The first-order chi connectivity index (χ1) is 15.5. The molecule has 0 heterocycles. The standard InChI is InChI=1S/C29H37F3/c1-2-3-4-5-6-8-20-11-12-22-16-23(14-13-21(22)15-20)25-18-27(31)29(28(32)19-25)24-9-7-10-26(30)17-24/h7,9-10,17-23H,2-6,8,11-16H2,1H3. The summed E-state index contributed by atoms with van der Waals surface area (Å²) < 4.78 is 43.3. The largest absolute Gasteiger partial charge is 0.207 e. The predicted octanol–water partition coefficient (Wildman–Crippen LogP) is 9.43. The monoisotopic (exact) mass is 442 g/mol. The molecule has 0 aliphatic heterocycles. The Morgan fingerprint density at radius 3 is 2.25 bits per heavy atom. The van der Waals surface area contributed by atoms with Crippen molar-refractivity contribution in [2.45, 2.75) is 89.9 Å². The second kappa shape index (κ2) is 10.9. The number of hydrogen-bond donors (Lipinski definition) is 0. The van der Waals surface area contributed by atoms with Crippen molar-refractivity contribution < 1.29 is 13.2 Å². The molecule has 0 spiro atoms. The summed E-state index contributed by atoms with van der Waals surface area (Å²) in [7, 11) is 0. The second-order valence-electron chi connectivity index (χ2n) is 10.3. The zero-order chi connectivity index (χ0) is 22.5. The van der Waals surface area contributed by atoms with Gasteiger partial charge in [-0.15, -0.1) is 0 Å². The molecule has 0 nitrogen and oxygen atoms in total. The molecular weight excluding hydrogens is 405 g/mol. The molecule has 174 valence electrons. The number of halogens is 3. The molecule has 4 unspecified atom stereocenters. The molecule has 32 heavy (non-hydrogen) atoms. The molecular formula is C29H37F3. The van der Waals surface area contributed by atoms with Gasteiger partial charge in [-0.2, -0.15) is 0 Å². The highest BCUT2D eigenvalue weighted by Gasteiger charge is 2.36. The van der Waals surface area contributed by atoms with Crippen LogP contribution in [0.1, 0.15) is 95.5 Å². The predicted molar refractivity (Wildman–Crippen MR) is 126 cm³/mol. The number of hydrogen-bond acceptors (Lipinski definition) is 0. The lowest BCUT2D eigenvalue weighted by Crippen LogP contribution is -2.30. The van der Waals surface area contributed by atoms with E-state index in [2.05, 4.69) is 6.92 Å². The average Bonchev–Trinajstić information content (AvgIpc) is 2.78. The Morgan fingerprint density at radius 1 is 0.781 bits per heavy atom. The zero-order valence-electron chi connectivity index (χ0n) is 19.4. The van der Waals surface area contributed by atoms with Crippen LogP contribution in [-0.4, -0.2) is 0 Å². The summed E-state index contributed by atoms with van der Waals surface area (Å²) in [5, 5.41) is 0. The van der Waals surface area contributed by atoms with Gasteiger partial charge in [0, 0.05) is 0 Å². The van der Waals surface area contributed by atoms with Crippen molar-refractivity contribution in [2.24, 2.45) is 17.8 Å².